The minimum absolute atomic E-state index is 0.152. The van der Waals surface area contributed by atoms with Crippen LogP contribution in [0.15, 0.2) is 48.1 Å². The minimum Gasteiger partial charge on any atom is -0.342 e. The second-order valence-corrected chi connectivity index (χ2v) is 9.54. The maximum Gasteiger partial charge on any atom is 0.235 e. The molecule has 1 amide bonds. The van der Waals surface area contributed by atoms with Gasteiger partial charge in [-0.05, 0) is 50.5 Å². The van der Waals surface area contributed by atoms with Crippen molar-refractivity contribution in [2.24, 2.45) is 5.92 Å². The average Bonchev–Trinajstić information content (AvgIpc) is 3.52. The minimum atomic E-state index is -0.152. The number of thioether (sulfide) groups is 1. The Hall–Kier alpha value is -2.08. The molecule has 0 spiro atoms. The summed E-state index contributed by atoms with van der Waals surface area (Å²) in [6, 6.07) is 10.7. The lowest BCUT2D eigenvalue weighted by Crippen LogP contribution is -2.42. The number of aromatic nitrogens is 3. The molecule has 1 aromatic heterocycles. The molecule has 0 bridgehead atoms. The summed E-state index contributed by atoms with van der Waals surface area (Å²) in [4.78, 5) is 15.1. The van der Waals surface area contributed by atoms with Gasteiger partial charge in [-0.25, -0.2) is 0 Å². The van der Waals surface area contributed by atoms with Gasteiger partial charge in [-0.1, -0.05) is 48.2 Å². The van der Waals surface area contributed by atoms with Crippen LogP contribution in [0.25, 0.3) is 0 Å². The van der Waals surface area contributed by atoms with Gasteiger partial charge in [0.25, 0.3) is 0 Å². The maximum absolute atomic E-state index is 13.0. The number of carbonyl (C=O) groups is 1. The van der Waals surface area contributed by atoms with Crippen LogP contribution in [0.2, 0.25) is 0 Å². The van der Waals surface area contributed by atoms with E-state index in [1.54, 1.807) is 0 Å². The van der Waals surface area contributed by atoms with Crippen molar-refractivity contribution in [3.8, 4) is 0 Å². The average molecular weight is 411 g/mol. The Morgan fingerprint density at radius 2 is 1.93 bits per heavy atom. The first kappa shape index (κ1) is 20.2. The van der Waals surface area contributed by atoms with Crippen molar-refractivity contribution in [1.82, 2.24) is 19.7 Å². The van der Waals surface area contributed by atoms with Gasteiger partial charge in [0.15, 0.2) is 5.16 Å². The number of allylic oxidation sites excluding steroid dienone is 1. The molecule has 2 aliphatic rings. The fourth-order valence-electron chi connectivity index (χ4n) is 4.10. The van der Waals surface area contributed by atoms with E-state index in [2.05, 4.69) is 51.7 Å². The van der Waals surface area contributed by atoms with Crippen LogP contribution in [0, 0.1) is 5.92 Å². The molecule has 1 unspecified atom stereocenters. The highest BCUT2D eigenvalue weighted by Gasteiger charge is 2.32. The molecule has 1 aliphatic heterocycles. The molecule has 2 aromatic rings. The number of nitrogens with zero attached hydrogens (tertiary/aromatic N) is 4. The zero-order valence-electron chi connectivity index (χ0n) is 17.2. The SMILES string of the molecule is C=CCn1c(SC(C)C(=O)N2CCC(Cc3ccccc3)CC2)nnc1C1CC1. The van der Waals surface area contributed by atoms with Crippen LogP contribution in [0.3, 0.4) is 0 Å². The van der Waals surface area contributed by atoms with Crippen LogP contribution in [0.1, 0.15) is 49.9 Å². The van der Waals surface area contributed by atoms with Crippen molar-refractivity contribution in [1.29, 1.82) is 0 Å². The van der Waals surface area contributed by atoms with Crippen molar-refractivity contribution < 1.29 is 4.79 Å². The smallest absolute Gasteiger partial charge is 0.235 e. The van der Waals surface area contributed by atoms with Crippen molar-refractivity contribution in [2.45, 2.75) is 61.9 Å². The van der Waals surface area contributed by atoms with Crippen LogP contribution in [0.4, 0.5) is 0 Å². The number of likely N-dealkylation sites (tertiary alicyclic amines) is 1. The summed E-state index contributed by atoms with van der Waals surface area (Å²) in [5.74, 6) is 2.47. The third kappa shape index (κ3) is 4.92. The van der Waals surface area contributed by atoms with Gasteiger partial charge in [0.2, 0.25) is 5.91 Å². The molecule has 6 heteroatoms. The van der Waals surface area contributed by atoms with Crippen molar-refractivity contribution in [2.75, 3.05) is 13.1 Å². The van der Waals surface area contributed by atoms with E-state index in [-0.39, 0.29) is 11.2 Å². The Bertz CT molecular complexity index is 838. The third-order valence-electron chi connectivity index (χ3n) is 5.92. The Kier molecular flexibility index (Phi) is 6.38. The van der Waals surface area contributed by atoms with E-state index in [4.69, 9.17) is 0 Å². The van der Waals surface area contributed by atoms with E-state index in [9.17, 15) is 4.79 Å². The second kappa shape index (κ2) is 9.16. The first-order valence-corrected chi connectivity index (χ1v) is 11.6. The predicted molar refractivity (Wildman–Crippen MR) is 117 cm³/mol. The van der Waals surface area contributed by atoms with Gasteiger partial charge in [-0.15, -0.1) is 16.8 Å². The molecule has 4 rings (SSSR count). The Labute approximate surface area is 177 Å². The molecule has 0 N–H and O–H groups in total. The molecular formula is C23H30N4OS. The highest BCUT2D eigenvalue weighted by Crippen LogP contribution is 2.40. The van der Waals surface area contributed by atoms with Crippen LogP contribution in [-0.2, 0) is 17.8 Å². The molecule has 0 radical (unpaired) electrons. The zero-order valence-corrected chi connectivity index (χ0v) is 18.0. The lowest BCUT2D eigenvalue weighted by Gasteiger charge is -2.33. The van der Waals surface area contributed by atoms with Crippen molar-refractivity contribution >= 4 is 17.7 Å². The summed E-state index contributed by atoms with van der Waals surface area (Å²) in [6.07, 6.45) is 7.52. The second-order valence-electron chi connectivity index (χ2n) is 8.23. The molecular weight excluding hydrogens is 380 g/mol. The first-order chi connectivity index (χ1) is 14.2. The van der Waals surface area contributed by atoms with E-state index in [1.807, 2.05) is 17.9 Å². The zero-order chi connectivity index (χ0) is 20.2. The van der Waals surface area contributed by atoms with E-state index in [0.29, 0.717) is 18.4 Å². The summed E-state index contributed by atoms with van der Waals surface area (Å²) >= 11 is 1.53. The van der Waals surface area contributed by atoms with Gasteiger partial charge in [-0.3, -0.25) is 4.79 Å². The molecule has 1 aromatic carbocycles. The number of rotatable bonds is 8. The number of amides is 1. The highest BCUT2D eigenvalue weighted by molar-refractivity contribution is 8.00. The van der Waals surface area contributed by atoms with Gasteiger partial charge < -0.3 is 9.47 Å². The number of piperidine rings is 1. The van der Waals surface area contributed by atoms with Crippen molar-refractivity contribution in [3.05, 3.63) is 54.4 Å². The largest absolute Gasteiger partial charge is 0.342 e. The monoisotopic (exact) mass is 410 g/mol. The molecule has 1 atom stereocenters. The van der Waals surface area contributed by atoms with Gasteiger partial charge in [0.1, 0.15) is 5.82 Å². The van der Waals surface area contributed by atoms with E-state index in [1.165, 1.54) is 30.2 Å². The van der Waals surface area contributed by atoms with E-state index in [0.717, 1.165) is 43.3 Å². The maximum atomic E-state index is 13.0. The third-order valence-corrected chi connectivity index (χ3v) is 6.99. The van der Waals surface area contributed by atoms with Crippen LogP contribution >= 0.6 is 11.8 Å². The Balaban J connectivity index is 1.31. The normalized spacial score (nSPS) is 18.6. The summed E-state index contributed by atoms with van der Waals surface area (Å²) in [6.45, 7) is 8.27. The number of benzene rings is 1. The quantitative estimate of drug-likeness (QED) is 0.481. The van der Waals surface area contributed by atoms with Gasteiger partial charge in [0, 0.05) is 25.6 Å². The molecule has 1 saturated heterocycles. The highest BCUT2D eigenvalue weighted by atomic mass is 32.2. The molecule has 2 fully saturated rings. The van der Waals surface area contributed by atoms with Gasteiger partial charge in [0.05, 0.1) is 5.25 Å². The van der Waals surface area contributed by atoms with Gasteiger partial charge in [-0.2, -0.15) is 0 Å². The Morgan fingerprint density at radius 1 is 1.21 bits per heavy atom. The van der Waals surface area contributed by atoms with Crippen LogP contribution in [-0.4, -0.2) is 43.9 Å². The lowest BCUT2D eigenvalue weighted by atomic mass is 9.90. The van der Waals surface area contributed by atoms with Gasteiger partial charge >= 0.3 is 0 Å². The van der Waals surface area contributed by atoms with E-state index >= 15 is 0 Å². The topological polar surface area (TPSA) is 51.0 Å². The summed E-state index contributed by atoms with van der Waals surface area (Å²) in [5, 5.41) is 9.46. The van der Waals surface area contributed by atoms with E-state index < -0.39 is 0 Å². The summed E-state index contributed by atoms with van der Waals surface area (Å²) in [7, 11) is 0. The van der Waals surface area contributed by atoms with Crippen LogP contribution in [0.5, 0.6) is 0 Å². The molecule has 154 valence electrons. The fourth-order valence-corrected chi connectivity index (χ4v) is 5.05. The molecule has 5 nitrogen and oxygen atoms in total. The molecule has 1 aliphatic carbocycles. The standard InChI is InChI=1S/C23H30N4OS/c1-3-13-27-21(20-9-10-20)24-25-23(27)29-17(2)22(28)26-14-11-19(12-15-26)16-18-7-5-4-6-8-18/h3-8,17,19-20H,1,9-16H2,2H3. The number of hydrogen-bond donors (Lipinski definition) is 0. The Morgan fingerprint density at radius 3 is 2.59 bits per heavy atom. The number of hydrogen-bond acceptors (Lipinski definition) is 4. The predicted octanol–water partition coefficient (Wildman–Crippen LogP) is 4.30. The fraction of sp³-hybridized carbons (Fsp3) is 0.522. The lowest BCUT2D eigenvalue weighted by molar-refractivity contribution is -0.131. The van der Waals surface area contributed by atoms with Crippen molar-refractivity contribution in [3.63, 3.8) is 0 Å². The number of carbonyl (C=O) groups excluding carboxylic acids is 1. The summed E-state index contributed by atoms with van der Waals surface area (Å²) < 4.78 is 2.13. The summed E-state index contributed by atoms with van der Waals surface area (Å²) in [5.41, 5.74) is 1.40. The first-order valence-electron chi connectivity index (χ1n) is 10.7. The van der Waals surface area contributed by atoms with Crippen LogP contribution < -0.4 is 0 Å². The molecule has 2 heterocycles. The molecule has 29 heavy (non-hydrogen) atoms. The molecule has 1 saturated carbocycles.